The molecule has 0 atom stereocenters. The average molecular weight is 857 g/mol. The molecule has 15 nitrogen and oxygen atoms in total. The molecule has 2 fully saturated rings. The maximum Gasteiger partial charge on any atom is 0.252 e. The van der Waals surface area contributed by atoms with Gasteiger partial charge in [-0.25, -0.2) is 0 Å². The van der Waals surface area contributed by atoms with Gasteiger partial charge in [0.2, 0.25) is 0 Å². The summed E-state index contributed by atoms with van der Waals surface area (Å²) >= 11 is 0. The number of aryl methyl sites for hydroxylation is 1. The average Bonchev–Trinajstić information content (AvgIpc) is 4.24. The monoisotopic (exact) mass is 856 g/mol. The van der Waals surface area contributed by atoms with E-state index in [1.807, 2.05) is 55.5 Å². The lowest BCUT2D eigenvalue weighted by Gasteiger charge is -2.18. The minimum atomic E-state index is -0.593. The number of rotatable bonds is 20. The molecule has 2 aliphatic rings. The summed E-state index contributed by atoms with van der Waals surface area (Å²) in [5, 5.41) is 24.6. The Kier molecular flexibility index (Phi) is 14.4. The molecule has 0 aliphatic heterocycles. The molecule has 2 heterocycles. The number of anilines is 4. The van der Waals surface area contributed by atoms with Crippen LogP contribution in [-0.2, 0) is 13.0 Å². The number of nitrogens with two attached hydrogens (primary N) is 2. The SMILES string of the molecule is CCc1ccc(Nc2c(C(N)=O)cnc3cc(OC)c(OCCNC4CC4)cc23)cc1.COc1cc2ncc(C(N)=O)c(Nc3cccc(CO)c3C)c2cc1OCCNC1CC1. The Morgan fingerprint density at radius 1 is 0.714 bits per heavy atom. The number of carbonyl (C=O) groups is 2. The van der Waals surface area contributed by atoms with Crippen molar-refractivity contribution in [1.82, 2.24) is 20.6 Å². The standard InChI is InChI=1S/C24H28N4O4.C24H28N4O3/c1-14-15(13-29)4-3-5-19(14)28-23-17-10-22(32-9-8-26-16-6-7-16)21(31-2)11-20(17)27-12-18(23)24(25)30;1-3-15-4-6-17(7-5-15)28-23-18-12-22(31-11-10-26-16-8-9-16)21(30-2)13-20(18)27-14-19(23)24(25)29/h3-5,10-12,16,26,29H,6-9,13H2,1-2H3,(H2,25,30)(H,27,28);4-7,12-14,16,26H,3,8-11H2,1-2H3,(H2,25,29)(H,27,28). The largest absolute Gasteiger partial charge is 0.493 e. The van der Waals surface area contributed by atoms with Crippen LogP contribution in [0.25, 0.3) is 21.8 Å². The molecule has 15 heteroatoms. The van der Waals surface area contributed by atoms with Gasteiger partial charge in [-0.05, 0) is 86.1 Å². The number of methoxy groups -OCH3 is 2. The van der Waals surface area contributed by atoms with Gasteiger partial charge in [0, 0.05) is 71.8 Å². The molecule has 2 saturated carbocycles. The summed E-state index contributed by atoms with van der Waals surface area (Å²) in [7, 11) is 3.18. The third-order valence-electron chi connectivity index (χ3n) is 11.1. The molecule has 63 heavy (non-hydrogen) atoms. The second kappa shape index (κ2) is 20.5. The Morgan fingerprint density at radius 3 is 1.67 bits per heavy atom. The second-order valence-electron chi connectivity index (χ2n) is 15.6. The summed E-state index contributed by atoms with van der Waals surface area (Å²) in [6, 6.07) is 22.2. The van der Waals surface area contributed by atoms with Crippen LogP contribution in [0.2, 0.25) is 0 Å². The number of hydrogen-bond acceptors (Lipinski definition) is 13. The van der Waals surface area contributed by atoms with Crippen LogP contribution in [0.4, 0.5) is 22.7 Å². The fraction of sp³-hybridized carbons (Fsp3) is 0.333. The maximum absolute atomic E-state index is 12.2. The van der Waals surface area contributed by atoms with Crippen molar-refractivity contribution in [3.05, 3.63) is 107 Å². The number of carbonyl (C=O) groups excluding carboxylic acids is 2. The second-order valence-corrected chi connectivity index (χ2v) is 15.6. The molecule has 9 N–H and O–H groups in total. The van der Waals surface area contributed by atoms with E-state index in [4.69, 9.17) is 30.4 Å². The van der Waals surface area contributed by atoms with E-state index in [1.165, 1.54) is 43.6 Å². The van der Waals surface area contributed by atoms with Crippen LogP contribution in [0.5, 0.6) is 23.0 Å². The van der Waals surface area contributed by atoms with E-state index in [0.29, 0.717) is 81.7 Å². The first-order chi connectivity index (χ1) is 30.6. The van der Waals surface area contributed by atoms with Crippen molar-refractivity contribution in [3.8, 4) is 23.0 Å². The molecule has 2 aliphatic carbocycles. The number of aliphatic hydroxyl groups is 1. The number of aliphatic hydroxyl groups excluding tert-OH is 1. The van der Waals surface area contributed by atoms with Gasteiger partial charge in [-0.3, -0.25) is 19.6 Å². The fourth-order valence-corrected chi connectivity index (χ4v) is 7.10. The van der Waals surface area contributed by atoms with Gasteiger partial charge in [0.05, 0.1) is 54.4 Å². The van der Waals surface area contributed by atoms with E-state index >= 15 is 0 Å². The number of pyridine rings is 2. The Labute approximate surface area is 366 Å². The third kappa shape index (κ3) is 11.0. The van der Waals surface area contributed by atoms with E-state index < -0.39 is 11.8 Å². The number of amides is 2. The van der Waals surface area contributed by atoms with Crippen molar-refractivity contribution >= 4 is 56.4 Å². The molecule has 0 radical (unpaired) electrons. The number of aromatic nitrogens is 2. The molecule has 330 valence electrons. The summed E-state index contributed by atoms with van der Waals surface area (Å²) in [6.07, 6.45) is 8.80. The van der Waals surface area contributed by atoms with Crippen LogP contribution in [-0.4, -0.2) is 79.5 Å². The van der Waals surface area contributed by atoms with Gasteiger partial charge in [0.1, 0.15) is 13.2 Å². The van der Waals surface area contributed by atoms with Gasteiger partial charge in [-0.15, -0.1) is 0 Å². The van der Waals surface area contributed by atoms with E-state index in [2.05, 4.69) is 50.3 Å². The van der Waals surface area contributed by atoms with Gasteiger partial charge in [-0.1, -0.05) is 31.2 Å². The Hall–Kier alpha value is -6.68. The fourth-order valence-electron chi connectivity index (χ4n) is 7.10. The molecule has 2 amide bonds. The lowest BCUT2D eigenvalue weighted by atomic mass is 10.0. The van der Waals surface area contributed by atoms with Gasteiger partial charge in [0.15, 0.2) is 23.0 Å². The molecule has 0 spiro atoms. The number of fused-ring (bicyclic) bond motifs is 2. The van der Waals surface area contributed by atoms with Crippen molar-refractivity contribution in [2.24, 2.45) is 11.5 Å². The zero-order valence-corrected chi connectivity index (χ0v) is 36.2. The van der Waals surface area contributed by atoms with E-state index in [9.17, 15) is 14.7 Å². The molecule has 8 rings (SSSR count). The topological polar surface area (TPSA) is 217 Å². The number of nitrogens with one attached hydrogen (secondary N) is 4. The number of hydrogen-bond donors (Lipinski definition) is 7. The highest BCUT2D eigenvalue weighted by molar-refractivity contribution is 6.09. The van der Waals surface area contributed by atoms with Crippen LogP contribution < -0.4 is 51.7 Å². The molecule has 0 saturated heterocycles. The molecular formula is C48H56N8O7. The molecular weight excluding hydrogens is 801 g/mol. The van der Waals surface area contributed by atoms with Crippen LogP contribution in [0.15, 0.2) is 79.1 Å². The quantitative estimate of drug-likeness (QED) is 0.0394. The molecule has 0 bridgehead atoms. The van der Waals surface area contributed by atoms with Crippen LogP contribution >= 0.6 is 0 Å². The van der Waals surface area contributed by atoms with Crippen LogP contribution in [0, 0.1) is 6.92 Å². The number of nitrogens with zero attached hydrogens (tertiary/aromatic N) is 2. The first-order valence-corrected chi connectivity index (χ1v) is 21.3. The van der Waals surface area contributed by atoms with Crippen molar-refractivity contribution in [1.29, 1.82) is 0 Å². The highest BCUT2D eigenvalue weighted by Crippen LogP contribution is 2.39. The van der Waals surface area contributed by atoms with Gasteiger partial charge >= 0.3 is 0 Å². The zero-order valence-electron chi connectivity index (χ0n) is 36.2. The lowest BCUT2D eigenvalue weighted by Crippen LogP contribution is -2.23. The number of benzene rings is 4. The summed E-state index contributed by atoms with van der Waals surface area (Å²) in [5.41, 5.74) is 18.9. The van der Waals surface area contributed by atoms with Crippen molar-refractivity contribution < 1.29 is 33.6 Å². The zero-order chi connectivity index (χ0) is 44.5. The third-order valence-corrected chi connectivity index (χ3v) is 11.1. The predicted molar refractivity (Wildman–Crippen MR) is 246 cm³/mol. The minimum absolute atomic E-state index is 0.0782. The summed E-state index contributed by atoms with van der Waals surface area (Å²) < 4.78 is 23.0. The Balaban J connectivity index is 0.000000189. The Bertz CT molecular complexity index is 2580. The first-order valence-electron chi connectivity index (χ1n) is 21.3. The lowest BCUT2D eigenvalue weighted by molar-refractivity contribution is 0.0992. The molecule has 0 unspecified atom stereocenters. The van der Waals surface area contributed by atoms with Gasteiger partial charge in [-0.2, -0.15) is 0 Å². The van der Waals surface area contributed by atoms with Crippen LogP contribution in [0.3, 0.4) is 0 Å². The predicted octanol–water partition coefficient (Wildman–Crippen LogP) is 6.80. The van der Waals surface area contributed by atoms with Crippen molar-refractivity contribution in [2.45, 2.75) is 64.6 Å². The molecule has 6 aromatic rings. The summed E-state index contributed by atoms with van der Waals surface area (Å²) in [4.78, 5) is 33.1. The van der Waals surface area contributed by atoms with Crippen molar-refractivity contribution in [3.63, 3.8) is 0 Å². The number of ether oxygens (including phenoxy) is 4. The van der Waals surface area contributed by atoms with Crippen LogP contribution in [0.1, 0.15) is 70.0 Å². The molecule has 2 aromatic heterocycles. The summed E-state index contributed by atoms with van der Waals surface area (Å²) in [5.74, 6) is 1.17. The highest BCUT2D eigenvalue weighted by Gasteiger charge is 2.22. The maximum atomic E-state index is 12.2. The molecule has 4 aromatic carbocycles. The van der Waals surface area contributed by atoms with E-state index in [0.717, 1.165) is 47.4 Å². The summed E-state index contributed by atoms with van der Waals surface area (Å²) in [6.45, 7) is 6.45. The van der Waals surface area contributed by atoms with Gasteiger partial charge < -0.3 is 56.8 Å². The van der Waals surface area contributed by atoms with E-state index in [1.54, 1.807) is 20.3 Å². The highest BCUT2D eigenvalue weighted by atomic mass is 16.5. The first kappa shape index (κ1) is 44.4. The number of primary amides is 2. The minimum Gasteiger partial charge on any atom is -0.493 e. The van der Waals surface area contributed by atoms with Gasteiger partial charge in [0.25, 0.3) is 11.8 Å². The smallest absolute Gasteiger partial charge is 0.252 e. The normalized spacial score (nSPS) is 13.2. The Morgan fingerprint density at radius 2 is 1.22 bits per heavy atom. The van der Waals surface area contributed by atoms with E-state index in [-0.39, 0.29) is 12.2 Å². The van der Waals surface area contributed by atoms with Crippen molar-refractivity contribution in [2.75, 3.05) is 51.2 Å².